The van der Waals surface area contributed by atoms with E-state index in [1.807, 2.05) is 0 Å². The maximum atomic E-state index is 13.0. The first-order valence-electron chi connectivity index (χ1n) is 5.60. The lowest BCUT2D eigenvalue weighted by Crippen LogP contribution is -2.27. The number of aromatic nitrogens is 1. The third-order valence-corrected chi connectivity index (χ3v) is 1.77. The van der Waals surface area contributed by atoms with Gasteiger partial charge in [0.25, 0.3) is 0 Å². The summed E-state index contributed by atoms with van der Waals surface area (Å²) in [6.07, 6.45) is 0.542. The molecule has 0 fully saturated rings. The molecule has 0 aliphatic carbocycles. The van der Waals surface area contributed by atoms with E-state index >= 15 is 0 Å². The summed E-state index contributed by atoms with van der Waals surface area (Å²) in [7, 11) is 0. The standard InChI is InChI=1S/C12H17FN2O3/c1-5-17-9-7-14-10(13)6-8(9)15-11(16)18-12(2,3)4/h6-7H,5H2,1-4H3,(H,14,15,16). The van der Waals surface area contributed by atoms with Gasteiger partial charge < -0.3 is 9.47 Å². The second kappa shape index (κ2) is 5.66. The zero-order valence-electron chi connectivity index (χ0n) is 10.9. The molecule has 0 saturated heterocycles. The van der Waals surface area contributed by atoms with E-state index in [1.54, 1.807) is 27.7 Å². The average molecular weight is 256 g/mol. The lowest BCUT2D eigenvalue weighted by atomic mass is 10.2. The molecule has 100 valence electrons. The number of carbonyl (C=O) groups excluding carboxylic acids is 1. The third kappa shape index (κ3) is 4.57. The molecule has 1 aromatic heterocycles. The molecule has 6 heteroatoms. The van der Waals surface area contributed by atoms with Crippen LogP contribution in [0.15, 0.2) is 12.3 Å². The van der Waals surface area contributed by atoms with Gasteiger partial charge in [0.1, 0.15) is 5.60 Å². The molecular weight excluding hydrogens is 239 g/mol. The number of amides is 1. The van der Waals surface area contributed by atoms with Crippen LogP contribution < -0.4 is 10.1 Å². The molecule has 1 aromatic rings. The molecule has 0 bridgehead atoms. The Kier molecular flexibility index (Phi) is 4.47. The number of anilines is 1. The highest BCUT2D eigenvalue weighted by molar-refractivity contribution is 5.86. The molecule has 0 aliphatic heterocycles. The molecule has 1 amide bonds. The second-order valence-electron chi connectivity index (χ2n) is 4.56. The van der Waals surface area contributed by atoms with Gasteiger partial charge in [-0.05, 0) is 27.7 Å². The smallest absolute Gasteiger partial charge is 0.412 e. The molecule has 1 rings (SSSR count). The van der Waals surface area contributed by atoms with Gasteiger partial charge in [0.2, 0.25) is 5.95 Å². The number of hydrogen-bond donors (Lipinski definition) is 1. The zero-order valence-corrected chi connectivity index (χ0v) is 10.9. The van der Waals surface area contributed by atoms with Crippen molar-refractivity contribution in [3.63, 3.8) is 0 Å². The first-order valence-corrected chi connectivity index (χ1v) is 5.60. The summed E-state index contributed by atoms with van der Waals surface area (Å²) in [6.45, 7) is 7.38. The number of nitrogens with one attached hydrogen (secondary N) is 1. The maximum absolute atomic E-state index is 13.0. The number of carbonyl (C=O) groups is 1. The van der Waals surface area contributed by atoms with Gasteiger partial charge in [0, 0.05) is 6.07 Å². The van der Waals surface area contributed by atoms with Crippen molar-refractivity contribution in [3.8, 4) is 5.75 Å². The van der Waals surface area contributed by atoms with Gasteiger partial charge >= 0.3 is 6.09 Å². The van der Waals surface area contributed by atoms with Gasteiger partial charge in [0.05, 0.1) is 18.5 Å². The molecule has 1 N–H and O–H groups in total. The minimum absolute atomic E-state index is 0.193. The van der Waals surface area contributed by atoms with Crippen molar-refractivity contribution in [3.05, 3.63) is 18.2 Å². The highest BCUT2D eigenvalue weighted by Crippen LogP contribution is 2.24. The minimum Gasteiger partial charge on any atom is -0.490 e. The van der Waals surface area contributed by atoms with E-state index in [4.69, 9.17) is 9.47 Å². The number of hydrogen-bond acceptors (Lipinski definition) is 4. The summed E-state index contributed by atoms with van der Waals surface area (Å²) in [5, 5.41) is 2.43. The Morgan fingerprint density at radius 3 is 2.72 bits per heavy atom. The van der Waals surface area contributed by atoms with Gasteiger partial charge in [-0.1, -0.05) is 0 Å². The minimum atomic E-state index is -0.704. The Bertz CT molecular complexity index is 430. The molecule has 0 aromatic carbocycles. The molecule has 0 unspecified atom stereocenters. The average Bonchev–Trinajstić information content (AvgIpc) is 2.19. The van der Waals surface area contributed by atoms with Crippen molar-refractivity contribution in [2.75, 3.05) is 11.9 Å². The fraction of sp³-hybridized carbons (Fsp3) is 0.500. The van der Waals surface area contributed by atoms with E-state index < -0.39 is 17.6 Å². The van der Waals surface area contributed by atoms with Crippen molar-refractivity contribution in [2.45, 2.75) is 33.3 Å². The molecule has 1 heterocycles. The highest BCUT2D eigenvalue weighted by Gasteiger charge is 2.18. The van der Waals surface area contributed by atoms with Crippen molar-refractivity contribution >= 4 is 11.8 Å². The predicted octanol–water partition coefficient (Wildman–Crippen LogP) is 2.97. The summed E-state index contributed by atoms with van der Waals surface area (Å²) in [4.78, 5) is 15.0. The Labute approximate surface area is 105 Å². The molecular formula is C12H17FN2O3. The predicted molar refractivity (Wildman–Crippen MR) is 65.2 cm³/mol. The molecule has 0 spiro atoms. The molecule has 0 aliphatic rings. The number of rotatable bonds is 3. The maximum Gasteiger partial charge on any atom is 0.412 e. The molecule has 0 atom stereocenters. The van der Waals surface area contributed by atoms with E-state index in [0.717, 1.165) is 6.07 Å². The molecule has 18 heavy (non-hydrogen) atoms. The van der Waals surface area contributed by atoms with E-state index in [1.165, 1.54) is 6.20 Å². The topological polar surface area (TPSA) is 60.5 Å². The van der Waals surface area contributed by atoms with Crippen LogP contribution in [-0.2, 0) is 4.74 Å². The van der Waals surface area contributed by atoms with Crippen LogP contribution >= 0.6 is 0 Å². The fourth-order valence-electron chi connectivity index (χ4n) is 1.20. The van der Waals surface area contributed by atoms with E-state index in [-0.39, 0.29) is 5.69 Å². The van der Waals surface area contributed by atoms with Crippen LogP contribution in [0.2, 0.25) is 0 Å². The van der Waals surface area contributed by atoms with Crippen molar-refractivity contribution in [1.29, 1.82) is 0 Å². The molecule has 0 saturated carbocycles. The Hall–Kier alpha value is -1.85. The van der Waals surface area contributed by atoms with E-state index in [9.17, 15) is 9.18 Å². The first kappa shape index (κ1) is 14.2. The SMILES string of the molecule is CCOc1cnc(F)cc1NC(=O)OC(C)(C)C. The summed E-state index contributed by atoms with van der Waals surface area (Å²) in [6, 6.07) is 1.08. The normalized spacial score (nSPS) is 10.9. The number of nitrogens with zero attached hydrogens (tertiary/aromatic N) is 1. The molecule has 5 nitrogen and oxygen atoms in total. The van der Waals surface area contributed by atoms with Crippen LogP contribution in [0.25, 0.3) is 0 Å². The van der Waals surface area contributed by atoms with Crippen LogP contribution in [0.1, 0.15) is 27.7 Å². The second-order valence-corrected chi connectivity index (χ2v) is 4.56. The lowest BCUT2D eigenvalue weighted by molar-refractivity contribution is 0.0635. The first-order chi connectivity index (χ1) is 8.31. The number of halogens is 1. The summed E-state index contributed by atoms with van der Waals surface area (Å²) >= 11 is 0. The summed E-state index contributed by atoms with van der Waals surface area (Å²) < 4.78 is 23.3. The van der Waals surface area contributed by atoms with Gasteiger partial charge in [-0.15, -0.1) is 0 Å². The number of ether oxygens (including phenoxy) is 2. The largest absolute Gasteiger partial charge is 0.490 e. The third-order valence-electron chi connectivity index (χ3n) is 1.77. The Morgan fingerprint density at radius 2 is 2.17 bits per heavy atom. The zero-order chi connectivity index (χ0) is 13.8. The van der Waals surface area contributed by atoms with Crippen LogP contribution in [0.3, 0.4) is 0 Å². The van der Waals surface area contributed by atoms with Crippen LogP contribution in [0.5, 0.6) is 5.75 Å². The van der Waals surface area contributed by atoms with Gasteiger partial charge in [-0.3, -0.25) is 5.32 Å². The van der Waals surface area contributed by atoms with E-state index in [2.05, 4.69) is 10.3 Å². The lowest BCUT2D eigenvalue weighted by Gasteiger charge is -2.20. The summed E-state index contributed by atoms with van der Waals surface area (Å²) in [5.74, 6) is -0.408. The van der Waals surface area contributed by atoms with Crippen LogP contribution in [-0.4, -0.2) is 23.3 Å². The van der Waals surface area contributed by atoms with Gasteiger partial charge in [-0.2, -0.15) is 4.39 Å². The number of pyridine rings is 1. The van der Waals surface area contributed by atoms with Crippen molar-refractivity contribution in [2.24, 2.45) is 0 Å². The highest BCUT2D eigenvalue weighted by atomic mass is 19.1. The van der Waals surface area contributed by atoms with Gasteiger partial charge in [-0.25, -0.2) is 9.78 Å². The van der Waals surface area contributed by atoms with Crippen LogP contribution in [0.4, 0.5) is 14.9 Å². The quantitative estimate of drug-likeness (QED) is 0.844. The Morgan fingerprint density at radius 1 is 1.50 bits per heavy atom. The Balaban J connectivity index is 2.82. The van der Waals surface area contributed by atoms with Gasteiger partial charge in [0.15, 0.2) is 5.75 Å². The van der Waals surface area contributed by atoms with Crippen molar-refractivity contribution < 1.29 is 18.7 Å². The van der Waals surface area contributed by atoms with Crippen LogP contribution in [0, 0.1) is 5.95 Å². The fourth-order valence-corrected chi connectivity index (χ4v) is 1.20. The van der Waals surface area contributed by atoms with Crippen molar-refractivity contribution in [1.82, 2.24) is 4.98 Å². The monoisotopic (exact) mass is 256 g/mol. The summed E-state index contributed by atoms with van der Waals surface area (Å²) in [5.41, 5.74) is -0.430. The van der Waals surface area contributed by atoms with E-state index in [0.29, 0.717) is 12.4 Å². The molecule has 0 radical (unpaired) electrons.